The van der Waals surface area contributed by atoms with Crippen LogP contribution in [-0.2, 0) is 4.74 Å². The van der Waals surface area contributed by atoms with Gasteiger partial charge in [-0.2, -0.15) is 0 Å². The molecule has 1 rings (SSSR count). The van der Waals surface area contributed by atoms with E-state index in [0.29, 0.717) is 12.5 Å². The largest absolute Gasteiger partial charge is 0.394 e. The number of hydrogen-bond acceptors (Lipinski definition) is 3. The van der Waals surface area contributed by atoms with Crippen LogP contribution in [0, 0.1) is 5.92 Å². The molecule has 0 bridgehead atoms. The van der Waals surface area contributed by atoms with Crippen molar-refractivity contribution in [2.24, 2.45) is 5.92 Å². The van der Waals surface area contributed by atoms with E-state index in [0.717, 1.165) is 19.7 Å². The minimum absolute atomic E-state index is 0.139. The van der Waals surface area contributed by atoms with Crippen LogP contribution in [-0.4, -0.2) is 38.0 Å². The molecule has 0 aromatic carbocycles. The fourth-order valence-corrected chi connectivity index (χ4v) is 1.38. The lowest BCUT2D eigenvalue weighted by Gasteiger charge is -2.22. The van der Waals surface area contributed by atoms with Crippen LogP contribution in [0.2, 0.25) is 0 Å². The molecule has 0 saturated carbocycles. The first-order valence-corrected chi connectivity index (χ1v) is 4.33. The highest BCUT2D eigenvalue weighted by molar-refractivity contribution is 4.67. The summed E-state index contributed by atoms with van der Waals surface area (Å²) in [5, 5.41) is 11.8. The highest BCUT2D eigenvalue weighted by Crippen LogP contribution is 2.09. The summed E-state index contributed by atoms with van der Waals surface area (Å²) in [4.78, 5) is 0. The minimum atomic E-state index is 0.139. The van der Waals surface area contributed by atoms with Gasteiger partial charge in [-0.3, -0.25) is 0 Å². The number of ether oxygens (including phenoxy) is 1. The predicted molar refractivity (Wildman–Crippen MR) is 43.5 cm³/mol. The molecule has 0 aromatic rings. The van der Waals surface area contributed by atoms with Crippen LogP contribution in [0.4, 0.5) is 0 Å². The van der Waals surface area contributed by atoms with Crippen LogP contribution in [0.1, 0.15) is 12.8 Å². The molecule has 0 aliphatic carbocycles. The third kappa shape index (κ3) is 3.70. The maximum absolute atomic E-state index is 8.46. The van der Waals surface area contributed by atoms with Gasteiger partial charge in [0.05, 0.1) is 19.8 Å². The summed E-state index contributed by atoms with van der Waals surface area (Å²) in [5.74, 6) is 0.662. The van der Waals surface area contributed by atoms with Crippen molar-refractivity contribution in [1.82, 2.24) is 5.32 Å². The van der Waals surface area contributed by atoms with Crippen LogP contribution in [0.3, 0.4) is 0 Å². The second kappa shape index (κ2) is 5.52. The monoisotopic (exact) mass is 159 g/mol. The molecule has 3 heteroatoms. The summed E-state index contributed by atoms with van der Waals surface area (Å²) in [7, 11) is 0. The van der Waals surface area contributed by atoms with E-state index in [2.05, 4.69) is 5.32 Å². The van der Waals surface area contributed by atoms with Crippen molar-refractivity contribution in [2.75, 3.05) is 32.9 Å². The predicted octanol–water partition coefficient (Wildman–Crippen LogP) is -0.00510. The first kappa shape index (κ1) is 8.97. The lowest BCUT2D eigenvalue weighted by molar-refractivity contribution is 0.0614. The Morgan fingerprint density at radius 1 is 1.55 bits per heavy atom. The molecule has 0 aromatic heterocycles. The lowest BCUT2D eigenvalue weighted by atomic mass is 10.0. The molecule has 66 valence electrons. The Labute approximate surface area is 67.7 Å². The topological polar surface area (TPSA) is 41.5 Å². The molecule has 11 heavy (non-hydrogen) atoms. The highest BCUT2D eigenvalue weighted by atomic mass is 16.5. The molecule has 1 atom stereocenters. The Balaban J connectivity index is 1.96. The number of hydrogen-bond donors (Lipinski definition) is 2. The summed E-state index contributed by atoms with van der Waals surface area (Å²) in [6.07, 6.45) is 2.52. The molecule has 3 nitrogen and oxygen atoms in total. The third-order valence-corrected chi connectivity index (χ3v) is 1.99. The van der Waals surface area contributed by atoms with Crippen molar-refractivity contribution in [3.8, 4) is 0 Å². The molecule has 2 N–H and O–H groups in total. The van der Waals surface area contributed by atoms with Crippen LogP contribution in [0.15, 0.2) is 0 Å². The summed E-state index contributed by atoms with van der Waals surface area (Å²) >= 11 is 0. The molecule has 1 aliphatic rings. The van der Waals surface area contributed by atoms with Gasteiger partial charge in [-0.05, 0) is 25.3 Å². The van der Waals surface area contributed by atoms with Crippen molar-refractivity contribution in [2.45, 2.75) is 12.8 Å². The maximum atomic E-state index is 8.46. The zero-order valence-corrected chi connectivity index (χ0v) is 6.88. The van der Waals surface area contributed by atoms with Crippen LogP contribution in [0.5, 0.6) is 0 Å². The van der Waals surface area contributed by atoms with Gasteiger partial charge < -0.3 is 15.2 Å². The molecule has 0 spiro atoms. The summed E-state index contributed by atoms with van der Waals surface area (Å²) in [6, 6.07) is 0. The molecular weight excluding hydrogens is 142 g/mol. The summed E-state index contributed by atoms with van der Waals surface area (Å²) < 4.78 is 5.23. The van der Waals surface area contributed by atoms with Gasteiger partial charge in [0.1, 0.15) is 0 Å². The maximum Gasteiger partial charge on any atom is 0.0697 e. The smallest absolute Gasteiger partial charge is 0.0697 e. The second-order valence-electron chi connectivity index (χ2n) is 3.01. The quantitative estimate of drug-likeness (QED) is 0.567. The van der Waals surface area contributed by atoms with Gasteiger partial charge in [0.15, 0.2) is 0 Å². The highest BCUT2D eigenvalue weighted by Gasteiger charge is 2.11. The molecule has 1 aliphatic heterocycles. The Kier molecular flexibility index (Phi) is 4.50. The first-order valence-electron chi connectivity index (χ1n) is 4.33. The zero-order valence-electron chi connectivity index (χ0n) is 6.88. The molecule has 1 unspecified atom stereocenters. The Bertz CT molecular complexity index is 92.1. The van der Waals surface area contributed by atoms with Crippen molar-refractivity contribution in [1.29, 1.82) is 0 Å². The molecule has 0 amide bonds. The van der Waals surface area contributed by atoms with E-state index >= 15 is 0 Å². The Morgan fingerprint density at radius 3 is 3.09 bits per heavy atom. The van der Waals surface area contributed by atoms with E-state index in [1.807, 2.05) is 0 Å². The normalized spacial score (nSPS) is 25.4. The van der Waals surface area contributed by atoms with Crippen molar-refractivity contribution < 1.29 is 9.84 Å². The fraction of sp³-hybridized carbons (Fsp3) is 1.00. The molecule has 0 radical (unpaired) electrons. The van der Waals surface area contributed by atoms with Gasteiger partial charge in [-0.15, -0.1) is 0 Å². The van der Waals surface area contributed by atoms with E-state index in [9.17, 15) is 0 Å². The molecular formula is C8H17NO2. The Morgan fingerprint density at radius 2 is 2.45 bits per heavy atom. The van der Waals surface area contributed by atoms with E-state index in [-0.39, 0.29) is 6.61 Å². The average Bonchev–Trinajstić information content (AvgIpc) is 2.07. The number of aliphatic hydroxyl groups is 1. The van der Waals surface area contributed by atoms with E-state index in [1.165, 1.54) is 12.8 Å². The van der Waals surface area contributed by atoms with Crippen molar-refractivity contribution in [3.05, 3.63) is 0 Å². The number of nitrogens with one attached hydrogen (secondary N) is 1. The second-order valence-corrected chi connectivity index (χ2v) is 3.01. The van der Waals surface area contributed by atoms with Gasteiger partial charge in [-0.1, -0.05) is 0 Å². The standard InChI is InChI=1S/C8H17NO2/c10-4-5-11-7-8-2-1-3-9-6-8/h8-10H,1-7H2. The number of aliphatic hydroxyl groups excluding tert-OH is 1. The van der Waals surface area contributed by atoms with Crippen molar-refractivity contribution in [3.63, 3.8) is 0 Å². The number of piperidine rings is 1. The minimum Gasteiger partial charge on any atom is -0.394 e. The third-order valence-electron chi connectivity index (χ3n) is 1.99. The van der Waals surface area contributed by atoms with Gasteiger partial charge in [-0.25, -0.2) is 0 Å². The molecule has 1 heterocycles. The van der Waals surface area contributed by atoms with E-state index < -0.39 is 0 Å². The summed E-state index contributed by atoms with van der Waals surface area (Å²) in [6.45, 7) is 3.64. The van der Waals surface area contributed by atoms with Crippen LogP contribution in [0.25, 0.3) is 0 Å². The van der Waals surface area contributed by atoms with Gasteiger partial charge in [0, 0.05) is 6.54 Å². The van der Waals surface area contributed by atoms with Gasteiger partial charge >= 0.3 is 0 Å². The fourth-order valence-electron chi connectivity index (χ4n) is 1.38. The summed E-state index contributed by atoms with van der Waals surface area (Å²) in [5.41, 5.74) is 0. The number of rotatable bonds is 4. The SMILES string of the molecule is OCCOCC1CCCNC1. The Hall–Kier alpha value is -0.120. The van der Waals surface area contributed by atoms with Crippen LogP contribution >= 0.6 is 0 Å². The van der Waals surface area contributed by atoms with E-state index in [1.54, 1.807) is 0 Å². The van der Waals surface area contributed by atoms with Gasteiger partial charge in [0.2, 0.25) is 0 Å². The van der Waals surface area contributed by atoms with E-state index in [4.69, 9.17) is 9.84 Å². The average molecular weight is 159 g/mol. The van der Waals surface area contributed by atoms with Crippen LogP contribution < -0.4 is 5.32 Å². The van der Waals surface area contributed by atoms with Crippen molar-refractivity contribution >= 4 is 0 Å². The molecule has 1 saturated heterocycles. The first-order chi connectivity index (χ1) is 5.43. The zero-order chi connectivity index (χ0) is 7.94. The molecule has 1 fully saturated rings. The van der Waals surface area contributed by atoms with Gasteiger partial charge in [0.25, 0.3) is 0 Å². The lowest BCUT2D eigenvalue weighted by Crippen LogP contribution is -2.32.